The van der Waals surface area contributed by atoms with Crippen molar-refractivity contribution in [2.75, 3.05) is 6.61 Å². The van der Waals surface area contributed by atoms with E-state index in [0.717, 1.165) is 56.0 Å². The molecular weight excluding hydrogens is 508 g/mol. The highest BCUT2D eigenvalue weighted by Gasteiger charge is 2.69. The van der Waals surface area contributed by atoms with Crippen LogP contribution in [0.3, 0.4) is 0 Å². The van der Waals surface area contributed by atoms with Crippen LogP contribution < -0.4 is 0 Å². The molecule has 1 spiro atoms. The van der Waals surface area contributed by atoms with Gasteiger partial charge in [0.25, 0.3) is 0 Å². The molecule has 0 aromatic carbocycles. The van der Waals surface area contributed by atoms with Crippen molar-refractivity contribution in [3.8, 4) is 0 Å². The predicted molar refractivity (Wildman–Crippen MR) is 164 cm³/mol. The van der Waals surface area contributed by atoms with Gasteiger partial charge in [-0.15, -0.1) is 0 Å². The summed E-state index contributed by atoms with van der Waals surface area (Å²) in [6.45, 7) is 13.2. The minimum Gasteiger partial charge on any atom is -0.462 e. The van der Waals surface area contributed by atoms with Crippen LogP contribution in [-0.4, -0.2) is 30.6 Å². The van der Waals surface area contributed by atoms with E-state index in [1.54, 1.807) is 0 Å². The number of esters is 1. The molecule has 2 heterocycles. The smallest absolute Gasteiger partial charge is 0.306 e. The van der Waals surface area contributed by atoms with E-state index < -0.39 is 0 Å². The molecule has 2 aliphatic heterocycles. The van der Waals surface area contributed by atoms with Crippen LogP contribution in [0.15, 0.2) is 0 Å². The fraction of sp³-hybridized carbons (Fsp3) is 0.973. The molecule has 0 aromatic rings. The molecule has 12 atom stereocenters. The van der Waals surface area contributed by atoms with Gasteiger partial charge in [-0.05, 0) is 111 Å². The normalized spacial score (nSPS) is 48.8. The zero-order valence-electron chi connectivity index (χ0n) is 27.3. The van der Waals surface area contributed by atoms with E-state index in [1.165, 1.54) is 83.5 Å². The third-order valence-electron chi connectivity index (χ3n) is 14.2. The van der Waals surface area contributed by atoms with Crippen LogP contribution in [0, 0.1) is 52.3 Å². The van der Waals surface area contributed by atoms with Crippen molar-refractivity contribution in [3.63, 3.8) is 0 Å². The van der Waals surface area contributed by atoms with E-state index in [4.69, 9.17) is 14.2 Å². The Bertz CT molecular complexity index is 909. The number of unbranched alkanes of at least 4 members (excludes halogenated alkanes) is 6. The minimum absolute atomic E-state index is 0.0649. The van der Waals surface area contributed by atoms with Crippen molar-refractivity contribution >= 4 is 5.97 Å². The van der Waals surface area contributed by atoms with Crippen molar-refractivity contribution in [3.05, 3.63) is 0 Å². The van der Waals surface area contributed by atoms with Gasteiger partial charge in [0, 0.05) is 18.8 Å². The fourth-order valence-corrected chi connectivity index (χ4v) is 11.8. The maximum atomic E-state index is 12.7. The SMILES string of the molecule is CCCCCCCCCC(=O)O[C@@H]1CC[C@@]2(C)[C@@H](CC[C@H]3[C@H]4C[C@@H]5O[C@]6(CC[C@@H](C)CO6)[C@@H](C)[C@@H]5[C@@]4(C)CC[C@@H]32)C1. The third kappa shape index (κ3) is 5.46. The van der Waals surface area contributed by atoms with E-state index in [9.17, 15) is 4.79 Å². The van der Waals surface area contributed by atoms with E-state index >= 15 is 0 Å². The molecule has 0 unspecified atom stereocenters. The minimum atomic E-state index is -0.305. The molecule has 4 nitrogen and oxygen atoms in total. The largest absolute Gasteiger partial charge is 0.462 e. The first-order valence-corrected chi connectivity index (χ1v) is 18.2. The van der Waals surface area contributed by atoms with Crippen molar-refractivity contribution in [2.45, 2.75) is 168 Å². The first kappa shape index (κ1) is 30.4. The Morgan fingerprint density at radius 3 is 2.34 bits per heavy atom. The molecule has 0 N–H and O–H groups in total. The van der Waals surface area contributed by atoms with Gasteiger partial charge in [-0.1, -0.05) is 73.1 Å². The van der Waals surface area contributed by atoms with Gasteiger partial charge < -0.3 is 14.2 Å². The second-order valence-corrected chi connectivity index (χ2v) is 16.4. The number of ether oxygens (including phenoxy) is 3. The van der Waals surface area contributed by atoms with E-state index in [1.807, 2.05) is 0 Å². The average molecular weight is 571 g/mol. The molecule has 6 fully saturated rings. The zero-order chi connectivity index (χ0) is 28.8. The molecule has 0 bridgehead atoms. The number of rotatable bonds is 9. The summed E-state index contributed by atoms with van der Waals surface area (Å²) in [6.07, 6.45) is 22.3. The summed E-state index contributed by atoms with van der Waals surface area (Å²) in [7, 11) is 0. The van der Waals surface area contributed by atoms with Crippen LogP contribution in [-0.2, 0) is 19.0 Å². The van der Waals surface area contributed by atoms with Crippen LogP contribution in [0.25, 0.3) is 0 Å². The molecule has 4 aliphatic carbocycles. The van der Waals surface area contributed by atoms with Crippen LogP contribution >= 0.6 is 0 Å². The quantitative estimate of drug-likeness (QED) is 0.205. The molecule has 4 saturated carbocycles. The molecule has 2 saturated heterocycles. The first-order valence-electron chi connectivity index (χ1n) is 18.2. The Kier molecular flexibility index (Phi) is 8.94. The highest BCUT2D eigenvalue weighted by molar-refractivity contribution is 5.69. The van der Waals surface area contributed by atoms with Gasteiger partial charge in [-0.3, -0.25) is 4.79 Å². The van der Waals surface area contributed by atoms with Crippen LogP contribution in [0.2, 0.25) is 0 Å². The summed E-state index contributed by atoms with van der Waals surface area (Å²) in [4.78, 5) is 12.7. The number of hydrogen-bond acceptors (Lipinski definition) is 4. The van der Waals surface area contributed by atoms with E-state index in [2.05, 4.69) is 34.6 Å². The molecule has 0 aromatic heterocycles. The summed E-state index contributed by atoms with van der Waals surface area (Å²) in [5.41, 5.74) is 0.812. The van der Waals surface area contributed by atoms with Crippen LogP contribution in [0.5, 0.6) is 0 Å². The zero-order valence-corrected chi connectivity index (χ0v) is 27.3. The summed E-state index contributed by atoms with van der Waals surface area (Å²) in [5.74, 6) is 4.77. The van der Waals surface area contributed by atoms with Crippen LogP contribution in [0.4, 0.5) is 0 Å². The predicted octanol–water partition coefficient (Wildman–Crippen LogP) is 9.49. The van der Waals surface area contributed by atoms with Crippen molar-refractivity contribution in [2.24, 2.45) is 52.3 Å². The molecule has 0 radical (unpaired) electrons. The third-order valence-corrected chi connectivity index (χ3v) is 14.2. The number of carbonyl (C=O) groups excluding carboxylic acids is 1. The fourth-order valence-electron chi connectivity index (χ4n) is 11.8. The number of fused-ring (bicyclic) bond motifs is 7. The monoisotopic (exact) mass is 570 g/mol. The highest BCUT2D eigenvalue weighted by Crippen LogP contribution is 2.71. The molecule has 41 heavy (non-hydrogen) atoms. The maximum Gasteiger partial charge on any atom is 0.306 e. The number of carbonyl (C=O) groups is 1. The summed E-state index contributed by atoms with van der Waals surface area (Å²) in [5, 5.41) is 0. The molecular formula is C37H62O4. The molecule has 4 heteroatoms. The second kappa shape index (κ2) is 12.1. The Balaban J connectivity index is 1.03. The Hall–Kier alpha value is -0.610. The van der Waals surface area contributed by atoms with E-state index in [-0.39, 0.29) is 17.9 Å². The topological polar surface area (TPSA) is 44.8 Å². The van der Waals surface area contributed by atoms with Gasteiger partial charge in [0.2, 0.25) is 0 Å². The van der Waals surface area contributed by atoms with E-state index in [0.29, 0.717) is 41.1 Å². The van der Waals surface area contributed by atoms with Gasteiger partial charge >= 0.3 is 5.97 Å². The van der Waals surface area contributed by atoms with Crippen molar-refractivity contribution < 1.29 is 19.0 Å². The molecule has 6 rings (SSSR count). The highest BCUT2D eigenvalue weighted by atomic mass is 16.7. The maximum absolute atomic E-state index is 12.7. The lowest BCUT2D eigenvalue weighted by Crippen LogP contribution is -2.55. The summed E-state index contributed by atoms with van der Waals surface area (Å²) in [6, 6.07) is 0. The van der Waals surface area contributed by atoms with Crippen LogP contribution in [0.1, 0.15) is 150 Å². The Labute approximate surface area is 251 Å². The van der Waals surface area contributed by atoms with Crippen molar-refractivity contribution in [1.82, 2.24) is 0 Å². The standard InChI is InChI=1S/C37H62O4/c1-6-7-8-9-10-11-12-13-33(38)40-28-17-19-35(4)27(22-28)14-15-29-30(35)18-20-36(5)31(29)23-32-34(36)26(3)37(41-32)21-16-25(2)24-39-37/h25-32,34H,6-24H2,1-5H3/t25-,26+,27+,28-,29-,30+,31-,32+,34+,35+,36+,37-/m1/s1. The van der Waals surface area contributed by atoms with Gasteiger partial charge in [-0.2, -0.15) is 0 Å². The second-order valence-electron chi connectivity index (χ2n) is 16.4. The Morgan fingerprint density at radius 1 is 0.829 bits per heavy atom. The molecule has 0 amide bonds. The lowest BCUT2D eigenvalue weighted by molar-refractivity contribution is -0.273. The average Bonchev–Trinajstić information content (AvgIpc) is 3.40. The summed E-state index contributed by atoms with van der Waals surface area (Å²) < 4.78 is 19.6. The van der Waals surface area contributed by atoms with Gasteiger partial charge in [0.05, 0.1) is 12.7 Å². The lowest BCUT2D eigenvalue weighted by Gasteiger charge is -2.61. The lowest BCUT2D eigenvalue weighted by atomic mass is 9.44. The Morgan fingerprint density at radius 2 is 1.59 bits per heavy atom. The first-order chi connectivity index (χ1) is 19.7. The number of hydrogen-bond donors (Lipinski definition) is 0. The van der Waals surface area contributed by atoms with Crippen molar-refractivity contribution in [1.29, 1.82) is 0 Å². The van der Waals surface area contributed by atoms with Gasteiger partial charge in [-0.25, -0.2) is 0 Å². The van der Waals surface area contributed by atoms with Gasteiger partial charge in [0.15, 0.2) is 5.79 Å². The molecule has 234 valence electrons. The van der Waals surface area contributed by atoms with Gasteiger partial charge in [0.1, 0.15) is 6.10 Å². The molecule has 6 aliphatic rings. The summed E-state index contributed by atoms with van der Waals surface area (Å²) >= 11 is 0.